The van der Waals surface area contributed by atoms with E-state index >= 15 is 0 Å². The van der Waals surface area contributed by atoms with Gasteiger partial charge >= 0.3 is 0 Å². The lowest BCUT2D eigenvalue weighted by Crippen LogP contribution is -2.18. The number of thiazole rings is 1. The van der Waals surface area contributed by atoms with Crippen molar-refractivity contribution in [2.45, 2.75) is 33.2 Å². The number of rotatable bonds is 6. The fourth-order valence-electron chi connectivity index (χ4n) is 2.18. The van der Waals surface area contributed by atoms with E-state index in [4.69, 9.17) is 4.74 Å². The molecule has 2 rings (SSSR count). The maximum atomic E-state index is 5.44. The van der Waals surface area contributed by atoms with E-state index in [2.05, 4.69) is 29.2 Å². The van der Waals surface area contributed by atoms with Gasteiger partial charge in [-0.05, 0) is 26.8 Å². The first kappa shape index (κ1) is 15.0. The van der Waals surface area contributed by atoms with Crippen LogP contribution in [0.3, 0.4) is 0 Å². The molecule has 0 aliphatic heterocycles. The molecule has 0 saturated carbocycles. The second-order valence-electron chi connectivity index (χ2n) is 4.84. The lowest BCUT2D eigenvalue weighted by atomic mass is 10.2. The SMILES string of the molecule is CCCNC(C)c1cnc(-c2c(C)nn(C)c2OC)s1. The third-order valence-electron chi connectivity index (χ3n) is 3.23. The van der Waals surface area contributed by atoms with E-state index < -0.39 is 0 Å². The summed E-state index contributed by atoms with van der Waals surface area (Å²) in [6.07, 6.45) is 3.07. The summed E-state index contributed by atoms with van der Waals surface area (Å²) in [7, 11) is 3.55. The van der Waals surface area contributed by atoms with Crippen molar-refractivity contribution < 1.29 is 4.74 Å². The zero-order chi connectivity index (χ0) is 14.7. The van der Waals surface area contributed by atoms with Crippen LogP contribution in [0.2, 0.25) is 0 Å². The Morgan fingerprint density at radius 3 is 2.90 bits per heavy atom. The van der Waals surface area contributed by atoms with Gasteiger partial charge in [-0.1, -0.05) is 6.92 Å². The largest absolute Gasteiger partial charge is 0.481 e. The van der Waals surface area contributed by atoms with Crippen LogP contribution in [0, 0.1) is 6.92 Å². The van der Waals surface area contributed by atoms with Gasteiger partial charge in [0.2, 0.25) is 5.88 Å². The molecular formula is C14H22N4OS. The number of hydrogen-bond acceptors (Lipinski definition) is 5. The van der Waals surface area contributed by atoms with Crippen molar-refractivity contribution in [2.24, 2.45) is 7.05 Å². The molecule has 2 aromatic heterocycles. The number of hydrogen-bond donors (Lipinski definition) is 1. The molecule has 1 N–H and O–H groups in total. The standard InChI is InChI=1S/C14H22N4OS/c1-6-7-15-9(2)11-8-16-13(20-11)12-10(3)17-18(4)14(12)19-5/h8-9,15H,6-7H2,1-5H3. The average Bonchev–Trinajstić information content (AvgIpc) is 3.00. The highest BCUT2D eigenvalue weighted by molar-refractivity contribution is 7.15. The predicted octanol–water partition coefficient (Wildman–Crippen LogP) is 2.92. The van der Waals surface area contributed by atoms with E-state index in [1.807, 2.05) is 20.2 Å². The third-order valence-corrected chi connectivity index (χ3v) is 4.43. The molecule has 5 nitrogen and oxygen atoms in total. The van der Waals surface area contributed by atoms with E-state index in [0.29, 0.717) is 6.04 Å². The molecule has 2 aromatic rings. The minimum atomic E-state index is 0.323. The molecule has 1 atom stereocenters. The lowest BCUT2D eigenvalue weighted by molar-refractivity contribution is 0.375. The van der Waals surface area contributed by atoms with Gasteiger partial charge in [0.15, 0.2) is 0 Å². The van der Waals surface area contributed by atoms with Crippen LogP contribution in [0.5, 0.6) is 5.88 Å². The third kappa shape index (κ3) is 2.86. The van der Waals surface area contributed by atoms with Crippen LogP contribution >= 0.6 is 11.3 Å². The molecule has 0 aliphatic carbocycles. The molecular weight excluding hydrogens is 272 g/mol. The van der Waals surface area contributed by atoms with Crippen LogP contribution in [0.25, 0.3) is 10.6 Å². The average molecular weight is 294 g/mol. The van der Waals surface area contributed by atoms with Crippen molar-refractivity contribution in [2.75, 3.05) is 13.7 Å². The Morgan fingerprint density at radius 1 is 1.50 bits per heavy atom. The van der Waals surface area contributed by atoms with Gasteiger partial charge in [-0.25, -0.2) is 9.67 Å². The van der Waals surface area contributed by atoms with Crippen LogP contribution in [-0.4, -0.2) is 28.4 Å². The summed E-state index contributed by atoms with van der Waals surface area (Å²) >= 11 is 1.69. The first-order valence-electron chi connectivity index (χ1n) is 6.85. The number of nitrogens with one attached hydrogen (secondary N) is 1. The van der Waals surface area contributed by atoms with Crippen LogP contribution < -0.4 is 10.1 Å². The Bertz CT molecular complexity index is 576. The minimum Gasteiger partial charge on any atom is -0.481 e. The Kier molecular flexibility index (Phi) is 4.77. The van der Waals surface area contributed by atoms with Crippen molar-refractivity contribution in [3.8, 4) is 16.5 Å². The van der Waals surface area contributed by atoms with E-state index in [-0.39, 0.29) is 0 Å². The molecule has 0 radical (unpaired) electrons. The van der Waals surface area contributed by atoms with Gasteiger partial charge in [0.1, 0.15) is 5.01 Å². The topological polar surface area (TPSA) is 52.0 Å². The van der Waals surface area contributed by atoms with E-state index in [1.54, 1.807) is 23.1 Å². The molecule has 0 bridgehead atoms. The second kappa shape index (κ2) is 6.37. The molecule has 0 amide bonds. The number of ether oxygens (including phenoxy) is 1. The van der Waals surface area contributed by atoms with Crippen LogP contribution in [0.15, 0.2) is 6.20 Å². The van der Waals surface area contributed by atoms with Gasteiger partial charge < -0.3 is 10.1 Å². The van der Waals surface area contributed by atoms with E-state index in [0.717, 1.165) is 35.1 Å². The summed E-state index contributed by atoms with van der Waals surface area (Å²) in [5.41, 5.74) is 1.94. The van der Waals surface area contributed by atoms with Crippen molar-refractivity contribution >= 4 is 11.3 Å². The van der Waals surface area contributed by atoms with Gasteiger partial charge in [0, 0.05) is 24.2 Å². The van der Waals surface area contributed by atoms with Crippen LogP contribution in [0.4, 0.5) is 0 Å². The van der Waals surface area contributed by atoms with Crippen molar-refractivity contribution in [3.05, 3.63) is 16.8 Å². The summed E-state index contributed by atoms with van der Waals surface area (Å²) in [5, 5.41) is 8.85. The second-order valence-corrected chi connectivity index (χ2v) is 5.90. The highest BCUT2D eigenvalue weighted by Crippen LogP contribution is 2.36. The van der Waals surface area contributed by atoms with Crippen LogP contribution in [-0.2, 0) is 7.05 Å². The molecule has 20 heavy (non-hydrogen) atoms. The normalized spacial score (nSPS) is 12.7. The maximum Gasteiger partial charge on any atom is 0.222 e. The Morgan fingerprint density at radius 2 is 2.25 bits per heavy atom. The monoisotopic (exact) mass is 294 g/mol. The molecule has 0 saturated heterocycles. The van der Waals surface area contributed by atoms with Gasteiger partial charge in [0.25, 0.3) is 0 Å². The highest BCUT2D eigenvalue weighted by Gasteiger charge is 2.20. The quantitative estimate of drug-likeness (QED) is 0.890. The fraction of sp³-hybridized carbons (Fsp3) is 0.571. The first-order chi connectivity index (χ1) is 9.58. The number of nitrogens with zero attached hydrogens (tertiary/aromatic N) is 3. The molecule has 2 heterocycles. The summed E-state index contributed by atoms with van der Waals surface area (Å²) in [6.45, 7) is 7.34. The Labute approximate surface area is 124 Å². The number of methoxy groups -OCH3 is 1. The first-order valence-corrected chi connectivity index (χ1v) is 7.67. The lowest BCUT2D eigenvalue weighted by Gasteiger charge is -2.09. The summed E-state index contributed by atoms with van der Waals surface area (Å²) in [4.78, 5) is 5.78. The summed E-state index contributed by atoms with van der Waals surface area (Å²) in [6, 6.07) is 0.323. The number of aryl methyl sites for hydroxylation is 2. The molecule has 0 aliphatic rings. The molecule has 1 unspecified atom stereocenters. The van der Waals surface area contributed by atoms with Gasteiger partial charge in [0.05, 0.1) is 18.4 Å². The molecule has 6 heteroatoms. The Balaban J connectivity index is 2.29. The number of aromatic nitrogens is 3. The summed E-state index contributed by atoms with van der Waals surface area (Å²) < 4.78 is 7.19. The zero-order valence-electron chi connectivity index (χ0n) is 12.7. The Hall–Kier alpha value is -1.40. The molecule has 110 valence electrons. The summed E-state index contributed by atoms with van der Waals surface area (Å²) in [5.74, 6) is 0.762. The highest BCUT2D eigenvalue weighted by atomic mass is 32.1. The fourth-order valence-corrected chi connectivity index (χ4v) is 3.21. The van der Waals surface area contributed by atoms with Gasteiger partial charge in [-0.2, -0.15) is 5.10 Å². The van der Waals surface area contributed by atoms with E-state index in [9.17, 15) is 0 Å². The predicted molar refractivity (Wildman–Crippen MR) is 82.3 cm³/mol. The zero-order valence-corrected chi connectivity index (χ0v) is 13.5. The van der Waals surface area contributed by atoms with Gasteiger partial charge in [-0.3, -0.25) is 0 Å². The molecule has 0 spiro atoms. The van der Waals surface area contributed by atoms with Gasteiger partial charge in [-0.15, -0.1) is 11.3 Å². The maximum absolute atomic E-state index is 5.44. The van der Waals surface area contributed by atoms with Crippen molar-refractivity contribution in [1.29, 1.82) is 0 Å². The molecule has 0 fully saturated rings. The van der Waals surface area contributed by atoms with Crippen LogP contribution in [0.1, 0.15) is 36.9 Å². The minimum absolute atomic E-state index is 0.323. The van der Waals surface area contributed by atoms with Crippen molar-refractivity contribution in [3.63, 3.8) is 0 Å². The smallest absolute Gasteiger partial charge is 0.222 e. The van der Waals surface area contributed by atoms with E-state index in [1.165, 1.54) is 4.88 Å². The molecule has 0 aromatic carbocycles. The van der Waals surface area contributed by atoms with Crippen molar-refractivity contribution in [1.82, 2.24) is 20.1 Å².